The minimum Gasteiger partial charge on any atom is -0.326 e. The maximum Gasteiger partial charge on any atom is 0.248 e. The minimum absolute atomic E-state index is 0.104. The van der Waals surface area contributed by atoms with Gasteiger partial charge in [0.1, 0.15) is 0 Å². The summed E-state index contributed by atoms with van der Waals surface area (Å²) in [6.07, 6.45) is 1.64. The molecule has 3 N–H and O–H groups in total. The van der Waals surface area contributed by atoms with Crippen molar-refractivity contribution in [2.45, 2.75) is 13.0 Å². The van der Waals surface area contributed by atoms with Crippen LogP contribution in [0.4, 0.5) is 0 Å². The lowest BCUT2D eigenvalue weighted by Gasteiger charge is -2.08. The van der Waals surface area contributed by atoms with Crippen LogP contribution in [0.25, 0.3) is 0 Å². The Morgan fingerprint density at radius 1 is 1.67 bits per heavy atom. The van der Waals surface area contributed by atoms with Gasteiger partial charge in [-0.3, -0.25) is 4.79 Å². The average Bonchev–Trinajstić information content (AvgIpc) is 2.03. The molecule has 0 aliphatic carbocycles. The quantitative estimate of drug-likeness (QED) is 0.637. The van der Waals surface area contributed by atoms with E-state index in [1.165, 1.54) is 6.07 Å². The number of nitrogens with one attached hydrogen (secondary N) is 1. The van der Waals surface area contributed by atoms with Gasteiger partial charge in [-0.1, -0.05) is 6.08 Å². The highest BCUT2D eigenvalue weighted by atomic mass is 16.1. The standard InChI is InChI=1S/C9H12N2O/c1-3-8(10)7-4-5-9(12)11-6(7)2/h3-5,8H,1,10H2,2H3,(H,11,12)/t8-/m0/s1. The van der Waals surface area contributed by atoms with E-state index in [9.17, 15) is 4.79 Å². The van der Waals surface area contributed by atoms with Crippen molar-refractivity contribution in [1.82, 2.24) is 4.98 Å². The number of H-pyrrole nitrogens is 1. The number of aromatic amines is 1. The second-order valence-corrected chi connectivity index (χ2v) is 2.66. The van der Waals surface area contributed by atoms with Crippen LogP contribution in [0.3, 0.4) is 0 Å². The number of pyridine rings is 1. The zero-order valence-corrected chi connectivity index (χ0v) is 7.00. The normalized spacial score (nSPS) is 12.5. The number of rotatable bonds is 2. The van der Waals surface area contributed by atoms with E-state index in [0.717, 1.165) is 11.3 Å². The Labute approximate surface area is 70.9 Å². The maximum absolute atomic E-state index is 10.8. The van der Waals surface area contributed by atoms with E-state index in [1.54, 1.807) is 12.1 Å². The Hall–Kier alpha value is -1.35. The van der Waals surface area contributed by atoms with Crippen LogP contribution in [0.2, 0.25) is 0 Å². The Morgan fingerprint density at radius 2 is 2.33 bits per heavy atom. The van der Waals surface area contributed by atoms with Crippen molar-refractivity contribution in [1.29, 1.82) is 0 Å². The van der Waals surface area contributed by atoms with Crippen LogP contribution in [0, 0.1) is 6.92 Å². The molecular formula is C9H12N2O. The third kappa shape index (κ3) is 1.62. The van der Waals surface area contributed by atoms with Gasteiger partial charge in [-0.15, -0.1) is 6.58 Å². The Balaban J connectivity index is 3.17. The van der Waals surface area contributed by atoms with E-state index in [0.29, 0.717) is 0 Å². The molecule has 0 bridgehead atoms. The van der Waals surface area contributed by atoms with E-state index < -0.39 is 0 Å². The van der Waals surface area contributed by atoms with Crippen LogP contribution in [-0.2, 0) is 0 Å². The molecule has 0 spiro atoms. The second-order valence-electron chi connectivity index (χ2n) is 2.66. The van der Waals surface area contributed by atoms with E-state index in [4.69, 9.17) is 5.73 Å². The van der Waals surface area contributed by atoms with Crippen molar-refractivity contribution in [3.63, 3.8) is 0 Å². The van der Waals surface area contributed by atoms with Crippen LogP contribution in [-0.4, -0.2) is 4.98 Å². The third-order valence-corrected chi connectivity index (χ3v) is 1.77. The predicted octanol–water partition coefficient (Wildman–Crippen LogP) is 0.869. The van der Waals surface area contributed by atoms with Gasteiger partial charge in [0.05, 0.1) is 0 Å². The van der Waals surface area contributed by atoms with Crippen LogP contribution in [0.15, 0.2) is 29.6 Å². The summed E-state index contributed by atoms with van der Waals surface area (Å²) in [4.78, 5) is 13.5. The van der Waals surface area contributed by atoms with Crippen molar-refractivity contribution in [2.24, 2.45) is 5.73 Å². The van der Waals surface area contributed by atoms with Crippen LogP contribution in [0.5, 0.6) is 0 Å². The van der Waals surface area contributed by atoms with Crippen molar-refractivity contribution in [3.05, 3.63) is 46.4 Å². The predicted molar refractivity (Wildman–Crippen MR) is 48.9 cm³/mol. The summed E-state index contributed by atoms with van der Waals surface area (Å²) >= 11 is 0. The summed E-state index contributed by atoms with van der Waals surface area (Å²) in [7, 11) is 0. The fourth-order valence-corrected chi connectivity index (χ4v) is 1.08. The molecule has 0 unspecified atom stereocenters. The molecule has 12 heavy (non-hydrogen) atoms. The van der Waals surface area contributed by atoms with Crippen molar-refractivity contribution in [3.8, 4) is 0 Å². The molecular weight excluding hydrogens is 152 g/mol. The Morgan fingerprint density at radius 3 is 2.83 bits per heavy atom. The van der Waals surface area contributed by atoms with Crippen molar-refractivity contribution in [2.75, 3.05) is 0 Å². The van der Waals surface area contributed by atoms with Gasteiger partial charge in [-0.25, -0.2) is 0 Å². The number of hydrogen-bond donors (Lipinski definition) is 2. The first-order valence-corrected chi connectivity index (χ1v) is 3.73. The molecule has 1 aromatic heterocycles. The van der Waals surface area contributed by atoms with E-state index in [1.807, 2.05) is 6.92 Å². The first-order valence-electron chi connectivity index (χ1n) is 3.73. The highest BCUT2D eigenvalue weighted by Crippen LogP contribution is 2.11. The number of nitrogens with two attached hydrogens (primary N) is 1. The fraction of sp³-hybridized carbons (Fsp3) is 0.222. The summed E-state index contributed by atoms with van der Waals surface area (Å²) in [6, 6.07) is 2.98. The van der Waals surface area contributed by atoms with Gasteiger partial charge in [-0.2, -0.15) is 0 Å². The molecule has 0 saturated heterocycles. The first-order chi connectivity index (χ1) is 5.65. The minimum atomic E-state index is -0.207. The summed E-state index contributed by atoms with van der Waals surface area (Å²) < 4.78 is 0. The summed E-state index contributed by atoms with van der Waals surface area (Å²) in [5.41, 5.74) is 7.31. The van der Waals surface area contributed by atoms with Gasteiger partial charge in [0.2, 0.25) is 5.56 Å². The summed E-state index contributed by atoms with van der Waals surface area (Å²) in [5.74, 6) is 0. The van der Waals surface area contributed by atoms with Gasteiger partial charge in [0.15, 0.2) is 0 Å². The van der Waals surface area contributed by atoms with Gasteiger partial charge in [-0.05, 0) is 18.6 Å². The molecule has 0 aromatic carbocycles. The lowest BCUT2D eigenvalue weighted by atomic mass is 10.1. The lowest BCUT2D eigenvalue weighted by molar-refractivity contribution is 0.880. The van der Waals surface area contributed by atoms with Crippen LogP contribution >= 0.6 is 0 Å². The SMILES string of the molecule is C=C[C@H](N)c1ccc(=O)[nH]c1C. The molecule has 1 heterocycles. The molecule has 64 valence electrons. The summed E-state index contributed by atoms with van der Waals surface area (Å²) in [5, 5.41) is 0. The first kappa shape index (κ1) is 8.74. The number of aromatic nitrogens is 1. The van der Waals surface area contributed by atoms with Gasteiger partial charge in [0, 0.05) is 17.8 Å². The highest BCUT2D eigenvalue weighted by Gasteiger charge is 2.04. The van der Waals surface area contributed by atoms with Crippen LogP contribution in [0.1, 0.15) is 17.3 Å². The Bertz CT molecular complexity index is 341. The molecule has 3 heteroatoms. The monoisotopic (exact) mass is 164 g/mol. The van der Waals surface area contributed by atoms with E-state index in [2.05, 4.69) is 11.6 Å². The average molecular weight is 164 g/mol. The number of aryl methyl sites for hydroxylation is 1. The molecule has 1 atom stereocenters. The topological polar surface area (TPSA) is 58.9 Å². The van der Waals surface area contributed by atoms with E-state index in [-0.39, 0.29) is 11.6 Å². The molecule has 0 fully saturated rings. The van der Waals surface area contributed by atoms with E-state index >= 15 is 0 Å². The van der Waals surface area contributed by atoms with Gasteiger partial charge in [0.25, 0.3) is 0 Å². The maximum atomic E-state index is 10.8. The highest BCUT2D eigenvalue weighted by molar-refractivity contribution is 5.24. The van der Waals surface area contributed by atoms with Crippen molar-refractivity contribution >= 4 is 0 Å². The van der Waals surface area contributed by atoms with Gasteiger partial charge < -0.3 is 10.7 Å². The zero-order valence-electron chi connectivity index (χ0n) is 7.00. The molecule has 3 nitrogen and oxygen atoms in total. The Kier molecular flexibility index (Phi) is 2.45. The molecule has 0 aliphatic heterocycles. The van der Waals surface area contributed by atoms with Gasteiger partial charge >= 0.3 is 0 Å². The smallest absolute Gasteiger partial charge is 0.248 e. The van der Waals surface area contributed by atoms with Crippen LogP contribution < -0.4 is 11.3 Å². The summed E-state index contributed by atoms with van der Waals surface area (Å²) in [6.45, 7) is 5.40. The fourth-order valence-electron chi connectivity index (χ4n) is 1.08. The number of hydrogen-bond acceptors (Lipinski definition) is 2. The molecule has 1 rings (SSSR count). The molecule has 0 amide bonds. The molecule has 1 aromatic rings. The second kappa shape index (κ2) is 3.36. The third-order valence-electron chi connectivity index (χ3n) is 1.77. The molecule has 0 radical (unpaired) electrons. The largest absolute Gasteiger partial charge is 0.326 e. The lowest BCUT2D eigenvalue weighted by Crippen LogP contribution is -2.14. The van der Waals surface area contributed by atoms with Crippen molar-refractivity contribution < 1.29 is 0 Å². The molecule has 0 aliphatic rings. The zero-order chi connectivity index (χ0) is 9.14. The molecule has 0 saturated carbocycles.